The quantitative estimate of drug-likeness (QED) is 0.197. The van der Waals surface area contributed by atoms with E-state index in [1.807, 2.05) is 0 Å². The minimum atomic E-state index is -0.392. The monoisotopic (exact) mass is 626 g/mol. The molecule has 7 aromatic rings. The van der Waals surface area contributed by atoms with Crippen LogP contribution in [0.3, 0.4) is 0 Å². The number of anilines is 5. The summed E-state index contributed by atoms with van der Waals surface area (Å²) in [7, 11) is 0.865. The molecule has 0 unspecified atom stereocenters. The number of aryl methyl sites for hydroxylation is 3. The van der Waals surface area contributed by atoms with Crippen LogP contribution in [0.5, 0.6) is 0 Å². The van der Waals surface area contributed by atoms with Crippen LogP contribution < -0.4 is 21.1 Å². The van der Waals surface area contributed by atoms with Gasteiger partial charge in [-0.1, -0.05) is 133 Å². The van der Waals surface area contributed by atoms with Crippen LogP contribution in [-0.2, 0) is 5.41 Å². The van der Waals surface area contributed by atoms with Gasteiger partial charge in [0.25, 0.3) is 0 Å². The number of hydrogen-bond donors (Lipinski definition) is 1. The molecule has 0 radical (unpaired) electrons. The SMILES string of the molecule is Cc1cc(-c2cccc(C)c2Nc2ccccc2C)c2c(c1)N1c3ccccc3C3(c4ccccc4-c4ccccc43)c3cccc(c31)B2. The Bertz CT molecular complexity index is 2460. The van der Waals surface area contributed by atoms with E-state index in [2.05, 4.69) is 177 Å². The normalized spacial score (nSPS) is 13.9. The highest BCUT2D eigenvalue weighted by Gasteiger charge is 2.52. The Hall–Kier alpha value is -5.80. The first-order valence-corrected chi connectivity index (χ1v) is 17.3. The molecular formula is C46H35BN2. The van der Waals surface area contributed by atoms with Gasteiger partial charge in [-0.15, -0.1) is 0 Å². The minimum Gasteiger partial charge on any atom is -0.355 e. The molecule has 7 aromatic carbocycles. The molecule has 1 aliphatic carbocycles. The standard InChI is InChI=1S/C46H35BN2/c1-28-26-34(33-18-12-15-30(3)44(33)48-40-24-10-4-14-29(40)2)43-42(27-28)49-41-25-11-9-21-37(41)46(38-22-13-23-39(47-43)45(38)49)35-19-7-5-16-31(35)32-17-6-8-20-36(32)46/h4-27,47-48H,1-3H3. The van der Waals surface area contributed by atoms with Crippen molar-refractivity contribution in [2.45, 2.75) is 26.2 Å². The van der Waals surface area contributed by atoms with Crippen molar-refractivity contribution in [3.8, 4) is 22.3 Å². The van der Waals surface area contributed by atoms with Gasteiger partial charge in [-0.2, -0.15) is 0 Å². The Morgan fingerprint density at radius 3 is 1.90 bits per heavy atom. The van der Waals surface area contributed by atoms with Gasteiger partial charge < -0.3 is 10.2 Å². The molecule has 0 amide bonds. The number of fused-ring (bicyclic) bond motifs is 11. The van der Waals surface area contributed by atoms with Crippen LogP contribution in [0.4, 0.5) is 28.4 Å². The number of nitrogens with zero attached hydrogens (tertiary/aromatic N) is 1. The second-order valence-electron chi connectivity index (χ2n) is 13.9. The number of hydrogen-bond acceptors (Lipinski definition) is 2. The van der Waals surface area contributed by atoms with Crippen LogP contribution in [0, 0.1) is 20.8 Å². The van der Waals surface area contributed by atoms with Crippen LogP contribution >= 0.6 is 0 Å². The molecule has 1 N–H and O–H groups in total. The van der Waals surface area contributed by atoms with E-state index in [0.29, 0.717) is 0 Å². The van der Waals surface area contributed by atoms with Gasteiger partial charge in [0.05, 0.1) is 11.1 Å². The molecule has 0 saturated heterocycles. The number of para-hydroxylation sites is 4. The van der Waals surface area contributed by atoms with E-state index in [0.717, 1.165) is 13.0 Å². The molecule has 3 aliphatic rings. The molecule has 232 valence electrons. The average Bonchev–Trinajstić information content (AvgIpc) is 3.42. The molecule has 2 aliphatic heterocycles. The Labute approximate surface area is 289 Å². The van der Waals surface area contributed by atoms with E-state index in [1.54, 1.807) is 0 Å². The van der Waals surface area contributed by atoms with Crippen LogP contribution in [-0.4, -0.2) is 7.28 Å². The number of benzene rings is 7. The summed E-state index contributed by atoms with van der Waals surface area (Å²) in [5.41, 5.74) is 22.9. The van der Waals surface area contributed by atoms with E-state index in [-0.39, 0.29) is 0 Å². The Kier molecular flexibility index (Phi) is 5.96. The van der Waals surface area contributed by atoms with Crippen molar-refractivity contribution in [3.63, 3.8) is 0 Å². The minimum absolute atomic E-state index is 0.392. The van der Waals surface area contributed by atoms with E-state index < -0.39 is 5.41 Å². The highest BCUT2D eigenvalue weighted by atomic mass is 15.2. The van der Waals surface area contributed by atoms with Gasteiger partial charge in [0.2, 0.25) is 0 Å². The zero-order valence-electron chi connectivity index (χ0n) is 28.0. The molecular weight excluding hydrogens is 591 g/mol. The van der Waals surface area contributed by atoms with Crippen molar-refractivity contribution in [1.29, 1.82) is 0 Å². The van der Waals surface area contributed by atoms with E-state index in [1.165, 1.54) is 94.9 Å². The fraction of sp³-hybridized carbons (Fsp3) is 0.0870. The molecule has 49 heavy (non-hydrogen) atoms. The maximum atomic E-state index is 3.85. The van der Waals surface area contributed by atoms with Crippen molar-refractivity contribution in [3.05, 3.63) is 185 Å². The average molecular weight is 627 g/mol. The lowest BCUT2D eigenvalue weighted by atomic mass is 9.54. The molecule has 2 heterocycles. The summed E-state index contributed by atoms with van der Waals surface area (Å²) in [6.45, 7) is 6.63. The van der Waals surface area contributed by atoms with E-state index >= 15 is 0 Å². The third-order valence-electron chi connectivity index (χ3n) is 11.2. The highest BCUT2D eigenvalue weighted by Crippen LogP contribution is 2.63. The smallest absolute Gasteiger partial charge is 0.198 e. The Morgan fingerprint density at radius 2 is 1.12 bits per heavy atom. The first-order valence-electron chi connectivity index (χ1n) is 17.3. The summed E-state index contributed by atoms with van der Waals surface area (Å²) in [5.74, 6) is 0. The number of rotatable bonds is 3. The zero-order valence-corrected chi connectivity index (χ0v) is 28.0. The lowest BCUT2D eigenvalue weighted by molar-refractivity contribution is 0.753. The Balaban J connectivity index is 1.25. The highest BCUT2D eigenvalue weighted by molar-refractivity contribution is 6.73. The molecule has 0 fully saturated rings. The maximum absolute atomic E-state index is 3.85. The van der Waals surface area contributed by atoms with Gasteiger partial charge in [-0.05, 0) is 100 Å². The molecule has 3 heteroatoms. The predicted molar refractivity (Wildman–Crippen MR) is 208 cm³/mol. The second kappa shape index (κ2) is 10.4. The molecule has 10 rings (SSSR count). The second-order valence-corrected chi connectivity index (χ2v) is 13.9. The lowest BCUT2D eigenvalue weighted by Crippen LogP contribution is -2.47. The summed E-state index contributed by atoms with van der Waals surface area (Å²) >= 11 is 0. The molecule has 1 spiro atoms. The van der Waals surface area contributed by atoms with Gasteiger partial charge >= 0.3 is 0 Å². The summed E-state index contributed by atoms with van der Waals surface area (Å²) < 4.78 is 0. The third kappa shape index (κ3) is 3.79. The Morgan fingerprint density at radius 1 is 0.510 bits per heavy atom. The van der Waals surface area contributed by atoms with Gasteiger partial charge in [-0.3, -0.25) is 0 Å². The van der Waals surface area contributed by atoms with Crippen LogP contribution in [0.2, 0.25) is 0 Å². The maximum Gasteiger partial charge on any atom is 0.198 e. The molecule has 0 atom stereocenters. The summed E-state index contributed by atoms with van der Waals surface area (Å²) in [6.07, 6.45) is 0. The summed E-state index contributed by atoms with van der Waals surface area (Å²) in [4.78, 5) is 2.59. The summed E-state index contributed by atoms with van der Waals surface area (Å²) in [5, 5.41) is 3.85. The van der Waals surface area contributed by atoms with Crippen LogP contribution in [0.25, 0.3) is 22.3 Å². The van der Waals surface area contributed by atoms with Crippen LogP contribution in [0.1, 0.15) is 38.9 Å². The van der Waals surface area contributed by atoms with Gasteiger partial charge in [0.1, 0.15) is 0 Å². The number of nitrogens with one attached hydrogen (secondary N) is 1. The molecule has 0 bridgehead atoms. The van der Waals surface area contributed by atoms with Crippen molar-refractivity contribution < 1.29 is 0 Å². The lowest BCUT2D eigenvalue weighted by Gasteiger charge is -2.48. The third-order valence-corrected chi connectivity index (χ3v) is 11.2. The molecule has 2 nitrogen and oxygen atoms in total. The summed E-state index contributed by atoms with van der Waals surface area (Å²) in [6, 6.07) is 54.4. The first-order chi connectivity index (χ1) is 24.1. The molecule has 0 aromatic heterocycles. The first kappa shape index (κ1) is 28.2. The van der Waals surface area contributed by atoms with E-state index in [4.69, 9.17) is 0 Å². The topological polar surface area (TPSA) is 15.3 Å². The fourth-order valence-corrected chi connectivity index (χ4v) is 9.14. The largest absolute Gasteiger partial charge is 0.355 e. The zero-order chi connectivity index (χ0) is 32.9. The van der Waals surface area contributed by atoms with Gasteiger partial charge in [-0.25, -0.2) is 0 Å². The van der Waals surface area contributed by atoms with Crippen LogP contribution in [0.15, 0.2) is 146 Å². The van der Waals surface area contributed by atoms with Crippen molar-refractivity contribution in [1.82, 2.24) is 0 Å². The predicted octanol–water partition coefficient (Wildman–Crippen LogP) is 9.87. The molecule has 0 saturated carbocycles. The van der Waals surface area contributed by atoms with Crippen molar-refractivity contribution >= 4 is 46.6 Å². The van der Waals surface area contributed by atoms with Gasteiger partial charge in [0.15, 0.2) is 7.28 Å². The van der Waals surface area contributed by atoms with Gasteiger partial charge in [0, 0.05) is 28.3 Å². The van der Waals surface area contributed by atoms with Crippen molar-refractivity contribution in [2.75, 3.05) is 10.2 Å². The fourth-order valence-electron chi connectivity index (χ4n) is 9.14. The van der Waals surface area contributed by atoms with E-state index in [9.17, 15) is 0 Å². The van der Waals surface area contributed by atoms with Crippen molar-refractivity contribution in [2.24, 2.45) is 0 Å².